The molecule has 0 aliphatic heterocycles. The summed E-state index contributed by atoms with van der Waals surface area (Å²) in [5, 5.41) is 9.18. The Morgan fingerprint density at radius 2 is 1.83 bits per heavy atom. The van der Waals surface area contributed by atoms with Crippen molar-refractivity contribution < 1.29 is 4.39 Å². The van der Waals surface area contributed by atoms with Crippen LogP contribution in [0.4, 0.5) is 10.2 Å². The first-order chi connectivity index (χ1) is 13.8. The van der Waals surface area contributed by atoms with Crippen molar-refractivity contribution in [3.05, 3.63) is 34.5 Å². The lowest BCUT2D eigenvalue weighted by molar-refractivity contribution is -0.0974. The van der Waals surface area contributed by atoms with E-state index in [-0.39, 0.29) is 17.6 Å². The molecule has 0 amide bonds. The number of fused-ring (bicyclic) bond motifs is 1. The number of anilines is 1. The number of para-hydroxylation sites is 1. The molecule has 1 N–H and O–H groups in total. The summed E-state index contributed by atoms with van der Waals surface area (Å²) in [6.45, 7) is 5.19. The molecule has 4 aliphatic rings. The third-order valence-corrected chi connectivity index (χ3v) is 7.63. The van der Waals surface area contributed by atoms with Gasteiger partial charge >= 0.3 is 0 Å². The molecule has 2 aromatic rings. The highest BCUT2D eigenvalue weighted by atomic mass is 19.1. The van der Waals surface area contributed by atoms with Gasteiger partial charge in [0, 0.05) is 12.1 Å². The normalized spacial score (nSPS) is 35.3. The van der Waals surface area contributed by atoms with E-state index < -0.39 is 0 Å². The lowest BCUT2D eigenvalue weighted by Crippen LogP contribution is -2.62. The van der Waals surface area contributed by atoms with Crippen LogP contribution < -0.4 is 10.7 Å². The molecule has 2 unspecified atom stereocenters. The van der Waals surface area contributed by atoms with Gasteiger partial charge in [-0.15, -0.1) is 0 Å². The number of aryl methyl sites for hydroxylation is 1. The van der Waals surface area contributed by atoms with E-state index in [4.69, 9.17) is 5.10 Å². The Morgan fingerprint density at radius 3 is 2.52 bits per heavy atom. The number of hydrogen-bond acceptors (Lipinski definition) is 3. The third-order valence-electron chi connectivity index (χ3n) is 7.63. The van der Waals surface area contributed by atoms with Gasteiger partial charge < -0.3 is 5.32 Å². The molecule has 4 fully saturated rings. The topological polar surface area (TPSA) is 46.9 Å². The fourth-order valence-electron chi connectivity index (χ4n) is 7.68. The van der Waals surface area contributed by atoms with Crippen molar-refractivity contribution >= 4 is 16.7 Å². The number of nitrogens with one attached hydrogen (secondary N) is 1. The predicted molar refractivity (Wildman–Crippen MR) is 115 cm³/mol. The Morgan fingerprint density at radius 1 is 1.10 bits per heavy atom. The molecular weight excluding hydrogens is 365 g/mol. The summed E-state index contributed by atoms with van der Waals surface area (Å²) in [6, 6.07) is 7.67. The minimum Gasteiger partial charge on any atom is -0.360 e. The highest BCUT2D eigenvalue weighted by Gasteiger charge is 2.60. The Balaban J connectivity index is 1.54. The third kappa shape index (κ3) is 3.27. The van der Waals surface area contributed by atoms with Gasteiger partial charge in [-0.05, 0) is 80.2 Å². The second-order valence-electron chi connectivity index (χ2n) is 10.8. The van der Waals surface area contributed by atoms with Crippen molar-refractivity contribution in [3.63, 3.8) is 0 Å². The number of nitrogens with zero attached hydrogens (tertiary/aromatic N) is 2. The average molecular weight is 398 g/mol. The van der Waals surface area contributed by atoms with Gasteiger partial charge in [0.15, 0.2) is 5.82 Å². The predicted octanol–water partition coefficient (Wildman–Crippen LogP) is 5.31. The quantitative estimate of drug-likeness (QED) is 0.672. The standard InChI is InChI=1S/C24H32FN3O/c1-22-11-17-12-23(2,14-22)16-24(13-17,15-22)26-21-20(29)18-7-3-4-8-19(18)28(27-21)10-6-5-9-25/h3-4,7-8,17H,5-6,9-16H2,1-2H3,(H,26,27). The van der Waals surface area contributed by atoms with Crippen LogP contribution in [0.3, 0.4) is 0 Å². The Bertz CT molecular complexity index is 981. The first-order valence-electron chi connectivity index (χ1n) is 11.2. The summed E-state index contributed by atoms with van der Waals surface area (Å²) in [5.41, 5.74) is 1.56. The van der Waals surface area contributed by atoms with Crippen molar-refractivity contribution in [2.75, 3.05) is 12.0 Å². The minimum absolute atomic E-state index is 0.00612. The van der Waals surface area contributed by atoms with Crippen molar-refractivity contribution in [2.45, 2.75) is 77.3 Å². The number of benzene rings is 1. The molecule has 0 radical (unpaired) electrons. The number of halogens is 1. The second-order valence-corrected chi connectivity index (χ2v) is 10.8. The summed E-state index contributed by atoms with van der Waals surface area (Å²) in [6.07, 6.45) is 8.60. The number of unbranched alkanes of at least 4 members (excludes halogenated alkanes) is 1. The summed E-state index contributed by atoms with van der Waals surface area (Å²) >= 11 is 0. The van der Waals surface area contributed by atoms with E-state index in [1.807, 2.05) is 28.9 Å². The molecule has 29 heavy (non-hydrogen) atoms. The van der Waals surface area contributed by atoms with Crippen LogP contribution in [0.2, 0.25) is 0 Å². The molecule has 2 atom stereocenters. The van der Waals surface area contributed by atoms with Crippen LogP contribution >= 0.6 is 0 Å². The fraction of sp³-hybridized carbons (Fsp3) is 0.667. The van der Waals surface area contributed by atoms with Gasteiger partial charge in [0.25, 0.3) is 0 Å². The van der Waals surface area contributed by atoms with E-state index >= 15 is 0 Å². The summed E-state index contributed by atoms with van der Waals surface area (Å²) in [7, 11) is 0. The van der Waals surface area contributed by atoms with Gasteiger partial charge in [-0.2, -0.15) is 5.10 Å². The molecule has 0 saturated heterocycles. The number of hydrogen-bond donors (Lipinski definition) is 1. The van der Waals surface area contributed by atoms with Crippen LogP contribution in [0.1, 0.15) is 65.2 Å². The minimum atomic E-state index is -0.315. The molecular formula is C24H32FN3O. The van der Waals surface area contributed by atoms with Gasteiger partial charge in [0.05, 0.1) is 17.6 Å². The van der Waals surface area contributed by atoms with Gasteiger partial charge in [0.1, 0.15) is 0 Å². The lowest BCUT2D eigenvalue weighted by atomic mass is 9.43. The first kappa shape index (κ1) is 19.1. The molecule has 156 valence electrons. The maximum atomic E-state index is 13.3. The van der Waals surface area contributed by atoms with E-state index in [1.165, 1.54) is 19.3 Å². The Hall–Kier alpha value is -1.91. The van der Waals surface area contributed by atoms with Gasteiger partial charge in [0.2, 0.25) is 5.43 Å². The molecule has 1 aromatic heterocycles. The average Bonchev–Trinajstić information content (AvgIpc) is 2.62. The molecule has 1 heterocycles. The fourth-order valence-corrected chi connectivity index (χ4v) is 7.68. The molecule has 4 nitrogen and oxygen atoms in total. The van der Waals surface area contributed by atoms with Crippen molar-refractivity contribution in [1.29, 1.82) is 0 Å². The molecule has 1 aromatic carbocycles. The number of rotatable bonds is 6. The van der Waals surface area contributed by atoms with E-state index in [0.29, 0.717) is 35.0 Å². The zero-order valence-electron chi connectivity index (χ0n) is 17.6. The van der Waals surface area contributed by atoms with E-state index in [0.717, 1.165) is 37.1 Å². The molecule has 4 bridgehead atoms. The zero-order chi connectivity index (χ0) is 20.3. The summed E-state index contributed by atoms with van der Waals surface area (Å²) in [5.74, 6) is 1.24. The number of alkyl halides is 1. The van der Waals surface area contributed by atoms with Gasteiger partial charge in [-0.3, -0.25) is 13.9 Å². The van der Waals surface area contributed by atoms with Gasteiger partial charge in [-0.25, -0.2) is 0 Å². The van der Waals surface area contributed by atoms with E-state index in [1.54, 1.807) is 0 Å². The monoisotopic (exact) mass is 397 g/mol. The Labute approximate surface area is 171 Å². The zero-order valence-corrected chi connectivity index (χ0v) is 17.6. The van der Waals surface area contributed by atoms with Crippen LogP contribution in [-0.2, 0) is 6.54 Å². The van der Waals surface area contributed by atoms with Crippen LogP contribution in [0.25, 0.3) is 10.9 Å². The first-order valence-corrected chi connectivity index (χ1v) is 11.2. The van der Waals surface area contributed by atoms with Crippen molar-refractivity contribution in [3.8, 4) is 0 Å². The van der Waals surface area contributed by atoms with E-state index in [9.17, 15) is 9.18 Å². The van der Waals surface area contributed by atoms with Crippen LogP contribution in [0.15, 0.2) is 29.1 Å². The highest BCUT2D eigenvalue weighted by Crippen LogP contribution is 2.66. The maximum Gasteiger partial charge on any atom is 0.231 e. The van der Waals surface area contributed by atoms with Gasteiger partial charge in [-0.1, -0.05) is 26.0 Å². The van der Waals surface area contributed by atoms with Crippen molar-refractivity contribution in [1.82, 2.24) is 9.78 Å². The lowest BCUT2D eigenvalue weighted by Gasteiger charge is -2.65. The smallest absolute Gasteiger partial charge is 0.231 e. The summed E-state index contributed by atoms with van der Waals surface area (Å²) in [4.78, 5) is 13.3. The largest absolute Gasteiger partial charge is 0.360 e. The second kappa shape index (κ2) is 6.55. The SMILES string of the molecule is CC12CC3CC(C)(C1)CC(Nc1nn(CCCCF)c4ccccc4c1=O)(C3)C2. The van der Waals surface area contributed by atoms with Crippen LogP contribution in [0.5, 0.6) is 0 Å². The molecule has 4 aliphatic carbocycles. The molecule has 0 spiro atoms. The number of aromatic nitrogens is 2. The molecule has 5 heteroatoms. The molecule has 6 rings (SSSR count). The van der Waals surface area contributed by atoms with Crippen LogP contribution in [-0.4, -0.2) is 22.0 Å². The van der Waals surface area contributed by atoms with Crippen LogP contribution in [0, 0.1) is 16.7 Å². The van der Waals surface area contributed by atoms with E-state index in [2.05, 4.69) is 19.2 Å². The molecule has 4 saturated carbocycles. The maximum absolute atomic E-state index is 13.3. The Kier molecular flexibility index (Phi) is 4.31. The highest BCUT2D eigenvalue weighted by molar-refractivity contribution is 5.80. The summed E-state index contributed by atoms with van der Waals surface area (Å²) < 4.78 is 14.5. The van der Waals surface area contributed by atoms with Crippen molar-refractivity contribution in [2.24, 2.45) is 16.7 Å².